The van der Waals surface area contributed by atoms with Gasteiger partial charge in [0.25, 0.3) is 0 Å². The van der Waals surface area contributed by atoms with Gasteiger partial charge < -0.3 is 25.6 Å². The lowest BCUT2D eigenvalue weighted by molar-refractivity contribution is -0.138. The van der Waals surface area contributed by atoms with E-state index >= 15 is 4.39 Å². The van der Waals surface area contributed by atoms with Gasteiger partial charge in [-0.15, -0.1) is 0 Å². The van der Waals surface area contributed by atoms with Crippen molar-refractivity contribution < 1.29 is 38.1 Å². The summed E-state index contributed by atoms with van der Waals surface area (Å²) in [5, 5.41) is 21.1. The molecule has 0 amide bonds. The van der Waals surface area contributed by atoms with Gasteiger partial charge in [-0.1, -0.05) is 0 Å². The van der Waals surface area contributed by atoms with Crippen molar-refractivity contribution in [3.05, 3.63) is 12.0 Å². The Morgan fingerprint density at radius 2 is 2.23 bits per heavy atom. The number of carboxylic acids is 1. The van der Waals surface area contributed by atoms with Crippen LogP contribution in [0.5, 0.6) is 0 Å². The van der Waals surface area contributed by atoms with Crippen molar-refractivity contribution in [2.45, 2.75) is 50.9 Å². The monoisotopic (exact) mass is 448 g/mol. The second kappa shape index (κ2) is 7.80. The normalized spacial score (nSPS) is 29.7. The minimum absolute atomic E-state index is 0.0550. The molecule has 1 saturated heterocycles. The molecule has 3 heterocycles. The van der Waals surface area contributed by atoms with Crippen molar-refractivity contribution in [1.29, 1.82) is 0 Å². The summed E-state index contributed by atoms with van der Waals surface area (Å²) in [6.07, 6.45) is -3.22. The van der Waals surface area contributed by atoms with Gasteiger partial charge in [-0.25, -0.2) is 24.0 Å². The van der Waals surface area contributed by atoms with Gasteiger partial charge in [0, 0.05) is 0 Å². The predicted molar refractivity (Wildman–Crippen MR) is 99.9 cm³/mol. The molecule has 0 spiro atoms. The number of rotatable bonds is 7. The molecule has 30 heavy (non-hydrogen) atoms. The van der Waals surface area contributed by atoms with E-state index in [9.17, 15) is 19.4 Å². The number of nitrogens with one attached hydrogen (secondary N) is 1. The number of aliphatic carboxylic acids is 1. The topological polar surface area (TPSA) is 195 Å². The molecule has 1 aliphatic heterocycles. The van der Waals surface area contributed by atoms with Crippen molar-refractivity contribution in [1.82, 2.24) is 24.6 Å². The van der Waals surface area contributed by atoms with E-state index in [4.69, 9.17) is 20.1 Å². The predicted octanol–water partition coefficient (Wildman–Crippen LogP) is -0.117. The summed E-state index contributed by atoms with van der Waals surface area (Å²) >= 11 is 0. The molecule has 0 saturated carbocycles. The highest BCUT2D eigenvalue weighted by Gasteiger charge is 2.55. The Morgan fingerprint density at radius 1 is 1.57 bits per heavy atom. The van der Waals surface area contributed by atoms with Crippen LogP contribution in [-0.4, -0.2) is 71.1 Å². The number of alkyl halides is 1. The Labute approximate surface area is 169 Å². The highest BCUT2D eigenvalue weighted by Crippen LogP contribution is 2.45. The van der Waals surface area contributed by atoms with Crippen LogP contribution >= 0.6 is 7.75 Å². The number of aryl methyl sites for hydroxylation is 1. The fraction of sp³-hybridized carbons (Fsp3) is 0.600. The van der Waals surface area contributed by atoms with Crippen molar-refractivity contribution in [3.63, 3.8) is 0 Å². The first kappa shape index (κ1) is 22.5. The van der Waals surface area contributed by atoms with Gasteiger partial charge in [0.1, 0.15) is 23.8 Å². The SMILES string of the molecule is Cc1nc(N)nc2c1ncn2[C@@H]1O[C@H](COP(=O)(O)N[C@@H](C)C(=O)O)[C@@H](O)[C@@]1(C)F. The minimum atomic E-state index is -4.56. The zero-order chi connectivity index (χ0) is 22.4. The quantitative estimate of drug-likeness (QED) is 0.353. The van der Waals surface area contributed by atoms with E-state index in [1.54, 1.807) is 6.92 Å². The number of imidazole rings is 1. The Hall–Kier alpha value is -2.22. The molecular weight excluding hydrogens is 426 g/mol. The summed E-state index contributed by atoms with van der Waals surface area (Å²) < 4.78 is 39.0. The number of nitrogen functional groups attached to an aromatic ring is 1. The van der Waals surface area contributed by atoms with E-state index in [0.29, 0.717) is 11.2 Å². The Balaban J connectivity index is 1.80. The number of aromatic nitrogens is 4. The third kappa shape index (κ3) is 4.15. The molecule has 6 N–H and O–H groups in total. The molecule has 1 unspecified atom stereocenters. The second-order valence-electron chi connectivity index (χ2n) is 7.12. The number of aliphatic hydroxyl groups is 1. The van der Waals surface area contributed by atoms with Crippen LogP contribution in [0.1, 0.15) is 25.8 Å². The average Bonchev–Trinajstić information content (AvgIpc) is 3.12. The molecule has 0 aliphatic carbocycles. The number of ether oxygens (including phenoxy) is 1. The number of anilines is 1. The maximum atomic E-state index is 15.4. The van der Waals surface area contributed by atoms with Gasteiger partial charge >= 0.3 is 13.7 Å². The van der Waals surface area contributed by atoms with Crippen LogP contribution in [0.25, 0.3) is 11.2 Å². The third-order valence-corrected chi connectivity index (χ3v) is 5.94. The van der Waals surface area contributed by atoms with E-state index in [1.807, 2.05) is 5.09 Å². The first-order chi connectivity index (χ1) is 13.8. The molecule has 1 fully saturated rings. The first-order valence-corrected chi connectivity index (χ1v) is 10.4. The maximum Gasteiger partial charge on any atom is 0.403 e. The largest absolute Gasteiger partial charge is 0.480 e. The van der Waals surface area contributed by atoms with Crippen LogP contribution in [0.3, 0.4) is 0 Å². The van der Waals surface area contributed by atoms with Gasteiger partial charge in [-0.3, -0.25) is 13.9 Å². The van der Waals surface area contributed by atoms with E-state index < -0.39 is 50.5 Å². The number of aliphatic hydroxyl groups excluding tert-OH is 1. The standard InChI is InChI=1S/C15H22FN6O7P/c1-6-9-11(20-14(17)19-6)22(5-18-9)13-15(3,16)10(23)8(29-13)4-28-30(26,27)21-7(2)12(24)25/h5,7-8,10,13,23H,4H2,1-3H3,(H,24,25)(H2,17,19,20)(H2,21,26,27)/t7-,8+,10+,13+,15+/m0/s1. The van der Waals surface area contributed by atoms with Crippen molar-refractivity contribution in [2.75, 3.05) is 12.3 Å². The van der Waals surface area contributed by atoms with Crippen LogP contribution in [0.4, 0.5) is 10.3 Å². The van der Waals surface area contributed by atoms with E-state index in [1.165, 1.54) is 10.9 Å². The Bertz CT molecular complexity index is 1020. The van der Waals surface area contributed by atoms with Crippen LogP contribution in [0.15, 0.2) is 6.33 Å². The van der Waals surface area contributed by atoms with Crippen molar-refractivity contribution in [2.24, 2.45) is 0 Å². The molecule has 6 atom stereocenters. The highest BCUT2D eigenvalue weighted by molar-refractivity contribution is 7.50. The highest BCUT2D eigenvalue weighted by atomic mass is 31.2. The summed E-state index contributed by atoms with van der Waals surface area (Å²) in [5.74, 6) is -1.43. The van der Waals surface area contributed by atoms with Crippen LogP contribution in [0, 0.1) is 6.92 Å². The Kier molecular flexibility index (Phi) is 5.84. The number of nitrogens with zero attached hydrogens (tertiary/aromatic N) is 4. The number of hydrogen-bond acceptors (Lipinski definition) is 9. The summed E-state index contributed by atoms with van der Waals surface area (Å²) in [6, 6.07) is -1.37. The van der Waals surface area contributed by atoms with Crippen molar-refractivity contribution in [3.8, 4) is 0 Å². The van der Waals surface area contributed by atoms with E-state index in [2.05, 4.69) is 15.0 Å². The van der Waals surface area contributed by atoms with Gasteiger partial charge in [-0.2, -0.15) is 4.98 Å². The van der Waals surface area contributed by atoms with Gasteiger partial charge in [0.05, 0.1) is 18.6 Å². The molecule has 0 aromatic carbocycles. The van der Waals surface area contributed by atoms with Gasteiger partial charge in [0.15, 0.2) is 17.5 Å². The minimum Gasteiger partial charge on any atom is -0.480 e. The zero-order valence-electron chi connectivity index (χ0n) is 16.3. The third-order valence-electron chi connectivity index (χ3n) is 4.72. The molecule has 3 rings (SSSR count). The fourth-order valence-electron chi connectivity index (χ4n) is 3.11. The molecule has 1 aliphatic rings. The number of fused-ring (bicyclic) bond motifs is 1. The molecule has 166 valence electrons. The van der Waals surface area contributed by atoms with Gasteiger partial charge in [0.2, 0.25) is 5.95 Å². The Morgan fingerprint density at radius 3 is 2.87 bits per heavy atom. The van der Waals surface area contributed by atoms with E-state index in [0.717, 1.165) is 13.8 Å². The second-order valence-corrected chi connectivity index (χ2v) is 8.68. The van der Waals surface area contributed by atoms with Crippen LogP contribution in [-0.2, 0) is 18.6 Å². The lowest BCUT2D eigenvalue weighted by atomic mass is 9.98. The van der Waals surface area contributed by atoms with E-state index in [-0.39, 0.29) is 11.6 Å². The number of carbonyl (C=O) groups is 1. The summed E-state index contributed by atoms with van der Waals surface area (Å²) in [7, 11) is -4.56. The fourth-order valence-corrected chi connectivity index (χ4v) is 4.14. The maximum absolute atomic E-state index is 15.4. The van der Waals surface area contributed by atoms with Gasteiger partial charge in [-0.05, 0) is 20.8 Å². The number of carboxylic acid groups (broad SMARTS) is 1. The molecular formula is C15H22FN6O7P. The lowest BCUT2D eigenvalue weighted by Crippen LogP contribution is -2.41. The zero-order valence-corrected chi connectivity index (χ0v) is 17.2. The molecule has 0 bridgehead atoms. The molecule has 2 aromatic rings. The molecule has 2 aromatic heterocycles. The molecule has 13 nitrogen and oxygen atoms in total. The molecule has 0 radical (unpaired) electrons. The molecule has 15 heteroatoms. The summed E-state index contributed by atoms with van der Waals surface area (Å²) in [4.78, 5) is 32.7. The summed E-state index contributed by atoms with van der Waals surface area (Å²) in [6.45, 7) is 3.20. The number of nitrogens with two attached hydrogens (primary N) is 1. The van der Waals surface area contributed by atoms with Crippen LogP contribution in [0.2, 0.25) is 0 Å². The summed E-state index contributed by atoms with van der Waals surface area (Å²) in [5.41, 5.74) is 4.32. The van der Waals surface area contributed by atoms with Crippen molar-refractivity contribution >= 4 is 30.8 Å². The smallest absolute Gasteiger partial charge is 0.403 e. The van der Waals surface area contributed by atoms with Crippen LogP contribution < -0.4 is 10.8 Å². The lowest BCUT2D eigenvalue weighted by Gasteiger charge is -2.24. The first-order valence-electron chi connectivity index (χ1n) is 8.80. The average molecular weight is 448 g/mol. The number of halogens is 1. The number of hydrogen-bond donors (Lipinski definition) is 5.